The summed E-state index contributed by atoms with van der Waals surface area (Å²) < 4.78 is 69.0. The second kappa shape index (κ2) is 78.9. The largest absolute Gasteiger partial charge is 0.481 e. The smallest absolute Gasteiger partial charge is 0.306 e. The molecule has 0 aliphatic rings. The highest BCUT2D eigenvalue weighted by Gasteiger charge is 2.27. The van der Waals surface area contributed by atoms with Crippen molar-refractivity contribution in [2.24, 2.45) is 39.4 Å². The van der Waals surface area contributed by atoms with E-state index in [0.29, 0.717) is 130 Å². The molecule has 0 aliphatic heterocycles. The molecule has 0 aromatic rings. The molecule has 125 heavy (non-hydrogen) atoms. The third kappa shape index (κ3) is 87.2. The van der Waals surface area contributed by atoms with Crippen molar-refractivity contribution in [2.75, 3.05) is 191 Å². The number of carbonyl (C=O) groups excluding carboxylic acids is 14. The summed E-state index contributed by atoms with van der Waals surface area (Å²) in [6.07, 6.45) is 5.25. The number of ketones is 11. The summed E-state index contributed by atoms with van der Waals surface area (Å²) in [7, 11) is 0. The fraction of sp³-hybridized carbons (Fsp3) is 0.809. The summed E-state index contributed by atoms with van der Waals surface area (Å²) in [6.45, 7) is 35.8. The Kier molecular flexibility index (Phi) is 79.6. The molecule has 0 bridgehead atoms. The Balaban J connectivity index is -0.000000527. The summed E-state index contributed by atoms with van der Waals surface area (Å²) in [5, 5.41) is 35.0. The Morgan fingerprint density at radius 1 is 0.256 bits per heavy atom. The van der Waals surface area contributed by atoms with Crippen LogP contribution in [0.3, 0.4) is 0 Å². The van der Waals surface area contributed by atoms with Gasteiger partial charge in [-0.25, -0.2) is 0 Å². The lowest BCUT2D eigenvalue weighted by atomic mass is 9.89. The number of carbonyl (C=O) groups is 17. The van der Waals surface area contributed by atoms with Gasteiger partial charge in [0.2, 0.25) is 17.7 Å². The summed E-state index contributed by atoms with van der Waals surface area (Å²) >= 11 is 0. The van der Waals surface area contributed by atoms with Gasteiger partial charge in [-0.15, -0.1) is 0 Å². The van der Waals surface area contributed by atoms with Crippen molar-refractivity contribution in [3.8, 4) is 0 Å². The van der Waals surface area contributed by atoms with Gasteiger partial charge in [-0.3, -0.25) is 67.1 Å². The molecular weight excluding hydrogens is 1640 g/mol. The highest BCUT2D eigenvalue weighted by Crippen LogP contribution is 2.20. The number of hydrogen-bond donors (Lipinski definition) is 6. The van der Waals surface area contributed by atoms with Crippen molar-refractivity contribution in [3.63, 3.8) is 0 Å². The molecule has 0 aromatic carbocycles. The Labute approximate surface area is 741 Å². The Morgan fingerprint density at radius 2 is 0.464 bits per heavy atom. The first-order valence-corrected chi connectivity index (χ1v) is 42.8. The molecule has 0 fully saturated rings. The van der Waals surface area contributed by atoms with Gasteiger partial charge >= 0.3 is 17.9 Å². The minimum atomic E-state index is -1.08. The fourth-order valence-electron chi connectivity index (χ4n) is 9.49. The predicted octanol–water partition coefficient (Wildman–Crippen LogP) is 8.18. The third-order valence-corrected chi connectivity index (χ3v) is 17.4. The van der Waals surface area contributed by atoms with Gasteiger partial charge in [0.1, 0.15) is 68.6 Å². The molecular formula is C89H157N3O33. The number of carboxylic acids is 3. The number of aliphatic carboxylic acids is 3. The van der Waals surface area contributed by atoms with E-state index in [1.165, 1.54) is 20.8 Å². The van der Waals surface area contributed by atoms with Gasteiger partial charge in [-0.05, 0) is 65.7 Å². The average Bonchev–Trinajstić information content (AvgIpc) is 0.918. The van der Waals surface area contributed by atoms with Gasteiger partial charge in [0, 0.05) is 145 Å². The quantitative estimate of drug-likeness (QED) is 0.0312. The zero-order valence-electron chi connectivity index (χ0n) is 77.3. The van der Waals surface area contributed by atoms with Crippen LogP contribution in [0.15, 0.2) is 0 Å². The first kappa shape index (κ1) is 126. The lowest BCUT2D eigenvalue weighted by Crippen LogP contribution is -2.29. The van der Waals surface area contributed by atoms with Crippen molar-refractivity contribution in [1.29, 1.82) is 0 Å². The van der Waals surface area contributed by atoms with Gasteiger partial charge in [-0.2, -0.15) is 0 Å². The van der Waals surface area contributed by atoms with E-state index >= 15 is 0 Å². The summed E-state index contributed by atoms with van der Waals surface area (Å²) in [5.74, 6) is -6.90. The number of Topliss-reactive ketones (excluding diaryl/α,β-unsaturated/α-hetero) is 11. The van der Waals surface area contributed by atoms with Crippen LogP contribution in [0.5, 0.6) is 0 Å². The zero-order chi connectivity index (χ0) is 94.8. The number of carboxylic acid groups (broad SMARTS) is 3. The van der Waals surface area contributed by atoms with E-state index < -0.39 is 51.9 Å². The molecule has 0 aliphatic carbocycles. The van der Waals surface area contributed by atoms with Crippen molar-refractivity contribution in [1.82, 2.24) is 16.0 Å². The molecule has 0 heterocycles. The SMILES string of the molecule is C.CC(=O)C[C@@H](CCC(=O)NCCOCCOCC(=O)CCCOCCOCC(=O)C(C)(C)C)C(=O)O.CC(=O)C[C@@H](CCC(=O)NCCOCCOCC(=O)CCCOCCOCC(=O)C(C)(C)C)C(=O)O.CC(=O)C[C@@H](CCC(=O)NCCOCCOCC(=O)CCCOCCOCC(=O)C(C)(C)C)C(=O)O.CCC(=O)CCCOCCC(=O)C(C)(C)C. The van der Waals surface area contributed by atoms with E-state index in [0.717, 1.165) is 6.42 Å². The molecule has 0 aromatic heterocycles. The molecule has 726 valence electrons. The maximum absolute atomic E-state index is 11.8. The molecule has 3 atom stereocenters. The highest BCUT2D eigenvalue weighted by atomic mass is 16.6. The van der Waals surface area contributed by atoms with Crippen LogP contribution in [0.1, 0.15) is 240 Å². The number of rotatable bonds is 77. The topological polar surface area (TPSA) is 507 Å². The number of hydrogen-bond acceptors (Lipinski definition) is 30. The van der Waals surface area contributed by atoms with Crippen molar-refractivity contribution in [3.05, 3.63) is 0 Å². The molecule has 0 unspecified atom stereocenters. The van der Waals surface area contributed by atoms with Crippen molar-refractivity contribution < 1.29 is 158 Å². The highest BCUT2D eigenvalue weighted by molar-refractivity contribution is 5.88. The van der Waals surface area contributed by atoms with Gasteiger partial charge in [0.05, 0.1) is 123 Å². The summed E-state index contributed by atoms with van der Waals surface area (Å²) in [5.41, 5.74) is -1.52. The van der Waals surface area contributed by atoms with Crippen molar-refractivity contribution >= 4 is 99.2 Å². The van der Waals surface area contributed by atoms with E-state index in [-0.39, 0.29) is 271 Å². The van der Waals surface area contributed by atoms with Crippen LogP contribution in [-0.2, 0) is 143 Å². The molecule has 0 radical (unpaired) electrons. The fourth-order valence-corrected chi connectivity index (χ4v) is 9.49. The van der Waals surface area contributed by atoms with Gasteiger partial charge in [-0.1, -0.05) is 97.4 Å². The number of ether oxygens (including phenoxy) is 13. The van der Waals surface area contributed by atoms with Gasteiger partial charge < -0.3 is 107 Å². The molecule has 36 nitrogen and oxygen atoms in total. The Hall–Kier alpha value is -7.33. The predicted molar refractivity (Wildman–Crippen MR) is 463 cm³/mol. The molecule has 36 heteroatoms. The molecule has 0 saturated heterocycles. The summed E-state index contributed by atoms with van der Waals surface area (Å²) in [4.78, 5) is 195. The summed E-state index contributed by atoms with van der Waals surface area (Å²) in [6, 6.07) is 0. The monoisotopic (exact) mass is 1800 g/mol. The lowest BCUT2D eigenvalue weighted by molar-refractivity contribution is -0.144. The van der Waals surface area contributed by atoms with Crippen LogP contribution < -0.4 is 16.0 Å². The van der Waals surface area contributed by atoms with Gasteiger partial charge in [0.15, 0.2) is 34.7 Å². The first-order chi connectivity index (χ1) is 58.2. The minimum absolute atomic E-state index is 0. The Bertz CT molecular complexity index is 2780. The van der Waals surface area contributed by atoms with Crippen LogP contribution in [-0.4, -0.2) is 306 Å². The van der Waals surface area contributed by atoms with E-state index in [1.807, 2.05) is 90.0 Å². The molecule has 0 spiro atoms. The van der Waals surface area contributed by atoms with Gasteiger partial charge in [0.25, 0.3) is 0 Å². The molecule has 0 rings (SSSR count). The minimum Gasteiger partial charge on any atom is -0.481 e. The molecule has 0 saturated carbocycles. The first-order valence-electron chi connectivity index (χ1n) is 42.8. The number of amides is 3. The standard InChI is InChI=1S/3C25H43NO10.C13H24O3.CH4/c3*1-19(27)16-20(24(31)32)7-8-23(30)26-9-11-34-13-14-35-17-21(28)6-5-10-33-12-15-36-18-22(29)25(2,3)4;1-5-11(14)7-6-9-16-10-8-12(15)13(2,3)4;/h3*20H,5-18H2,1-4H3,(H,26,30)(H,31,32);5-10H2,1-4H3;1H4/t3*20-;;/m111../s1. The zero-order valence-corrected chi connectivity index (χ0v) is 77.3. The maximum Gasteiger partial charge on any atom is 0.306 e. The van der Waals surface area contributed by atoms with Crippen LogP contribution >= 0.6 is 0 Å². The number of nitrogens with one attached hydrogen (secondary N) is 3. The van der Waals surface area contributed by atoms with Crippen LogP contribution in [0.25, 0.3) is 0 Å². The lowest BCUT2D eigenvalue weighted by Gasteiger charge is -2.16. The second-order valence-electron chi connectivity index (χ2n) is 33.5. The maximum atomic E-state index is 11.8. The van der Waals surface area contributed by atoms with E-state index in [4.69, 9.17) is 76.9 Å². The average molecular weight is 1800 g/mol. The normalized spacial score (nSPS) is 12.0. The van der Waals surface area contributed by atoms with E-state index in [9.17, 15) is 81.5 Å². The van der Waals surface area contributed by atoms with E-state index in [2.05, 4.69) is 16.0 Å². The van der Waals surface area contributed by atoms with Crippen LogP contribution in [0, 0.1) is 39.4 Å². The van der Waals surface area contributed by atoms with Crippen LogP contribution in [0.2, 0.25) is 0 Å². The second-order valence-corrected chi connectivity index (χ2v) is 33.5. The van der Waals surface area contributed by atoms with Crippen molar-refractivity contribution in [2.45, 2.75) is 240 Å². The Morgan fingerprint density at radius 3 is 0.680 bits per heavy atom. The third-order valence-electron chi connectivity index (χ3n) is 17.4. The van der Waals surface area contributed by atoms with E-state index in [1.54, 1.807) is 0 Å². The molecule has 3 amide bonds. The molecule has 6 N–H and O–H groups in total. The van der Waals surface area contributed by atoms with Crippen LogP contribution in [0.4, 0.5) is 0 Å².